The van der Waals surface area contributed by atoms with E-state index in [0.29, 0.717) is 10.8 Å². The number of piperidine rings is 1. The zero-order valence-corrected chi connectivity index (χ0v) is 21.2. The maximum absolute atomic E-state index is 8.90. The molecule has 1 fully saturated rings. The van der Waals surface area contributed by atoms with Crippen LogP contribution in [0.1, 0.15) is 35.4 Å². The zero-order valence-electron chi connectivity index (χ0n) is 19.7. The average molecular weight is 504 g/mol. The fraction of sp³-hybridized carbons (Fsp3) is 0.308. The number of fused-ring (bicyclic) bond motifs is 2. The van der Waals surface area contributed by atoms with E-state index < -0.39 is 0 Å². The number of halogens is 1. The smallest absolute Gasteiger partial charge is 0.211 e. The van der Waals surface area contributed by atoms with Crippen molar-refractivity contribution in [1.82, 2.24) is 19.4 Å². The molecule has 35 heavy (non-hydrogen) atoms. The molecule has 3 aromatic heterocycles. The number of pyridine rings is 1. The molecule has 2 aliphatic rings. The summed E-state index contributed by atoms with van der Waals surface area (Å²) in [5, 5.41) is 9.35. The second-order valence-electron chi connectivity index (χ2n) is 9.49. The Balaban J connectivity index is 1.32. The van der Waals surface area contributed by atoms with E-state index in [2.05, 4.69) is 32.5 Å². The Bertz CT molecular complexity index is 1490. The van der Waals surface area contributed by atoms with Gasteiger partial charge in [-0.3, -0.25) is 4.40 Å². The van der Waals surface area contributed by atoms with Crippen LogP contribution >= 0.6 is 23.4 Å². The minimum Gasteiger partial charge on any atom is -0.382 e. The normalized spacial score (nSPS) is 16.9. The molecule has 4 heterocycles. The van der Waals surface area contributed by atoms with Crippen molar-refractivity contribution in [3.05, 3.63) is 70.3 Å². The van der Waals surface area contributed by atoms with Gasteiger partial charge in [0.15, 0.2) is 5.65 Å². The molecule has 1 saturated heterocycles. The van der Waals surface area contributed by atoms with Gasteiger partial charge >= 0.3 is 0 Å². The lowest BCUT2D eigenvalue weighted by Gasteiger charge is -2.40. The zero-order chi connectivity index (χ0) is 24.3. The van der Waals surface area contributed by atoms with Crippen molar-refractivity contribution in [1.29, 1.82) is 5.41 Å². The molecule has 1 aromatic carbocycles. The Hall–Kier alpha value is -3.10. The molecule has 7 nitrogen and oxygen atoms in total. The van der Waals surface area contributed by atoms with Crippen LogP contribution in [-0.2, 0) is 6.42 Å². The predicted octanol–water partition coefficient (Wildman–Crippen LogP) is 5.34. The number of aromatic nitrogens is 4. The lowest BCUT2D eigenvalue weighted by molar-refractivity contribution is 0.327. The summed E-state index contributed by atoms with van der Waals surface area (Å²) in [5.41, 5.74) is 11.8. The number of nitrogens with two attached hydrogens (primary N) is 1. The summed E-state index contributed by atoms with van der Waals surface area (Å²) in [7, 11) is 0. The lowest BCUT2D eigenvalue weighted by Crippen LogP contribution is -2.44. The van der Waals surface area contributed by atoms with E-state index in [1.807, 2.05) is 32.2 Å². The minimum absolute atomic E-state index is 0.0625. The van der Waals surface area contributed by atoms with Crippen LogP contribution in [0.5, 0.6) is 0 Å². The summed E-state index contributed by atoms with van der Waals surface area (Å²) < 4.78 is 2.09. The molecule has 6 rings (SSSR count). The molecule has 1 aliphatic carbocycles. The Kier molecular flexibility index (Phi) is 5.27. The second-order valence-corrected chi connectivity index (χ2v) is 10.9. The topological polar surface area (TPSA) is 96.2 Å². The van der Waals surface area contributed by atoms with E-state index in [-0.39, 0.29) is 5.41 Å². The largest absolute Gasteiger partial charge is 0.382 e. The van der Waals surface area contributed by atoms with Crippen LogP contribution in [0, 0.1) is 24.7 Å². The van der Waals surface area contributed by atoms with Crippen LogP contribution in [0.15, 0.2) is 52.5 Å². The first-order chi connectivity index (χ1) is 16.9. The maximum atomic E-state index is 8.90. The van der Waals surface area contributed by atoms with E-state index in [1.165, 1.54) is 17.3 Å². The summed E-state index contributed by atoms with van der Waals surface area (Å²) in [5.74, 6) is 1.22. The number of nitrogen functional groups attached to an aromatic ring is 1. The van der Waals surface area contributed by atoms with Gasteiger partial charge in [0.1, 0.15) is 5.82 Å². The lowest BCUT2D eigenvalue weighted by atomic mass is 9.74. The Labute approximate surface area is 213 Å². The standard InChI is InChI=1S/C26H26ClN7S/c1-15-14-34-24(31-15)21(35-19-7-10-30-23(29)20(19)27)16(2)32-25(34)33-11-8-26(9-12-33)13-17-5-3-4-6-18(17)22(26)28/h3-7,10,14,28H,8-9,11-13H2,1-2H3,(H2,29,30). The highest BCUT2D eigenvalue weighted by Gasteiger charge is 2.44. The molecule has 0 radical (unpaired) electrons. The van der Waals surface area contributed by atoms with Gasteiger partial charge in [-0.15, -0.1) is 0 Å². The van der Waals surface area contributed by atoms with Crippen LogP contribution in [0.3, 0.4) is 0 Å². The van der Waals surface area contributed by atoms with Crippen molar-refractivity contribution in [3.63, 3.8) is 0 Å². The van der Waals surface area contributed by atoms with Gasteiger partial charge < -0.3 is 16.0 Å². The number of hydrogen-bond acceptors (Lipinski definition) is 7. The molecule has 0 saturated carbocycles. The molecular formula is C26H26ClN7S. The summed E-state index contributed by atoms with van der Waals surface area (Å²) in [6.07, 6.45) is 6.56. The summed E-state index contributed by atoms with van der Waals surface area (Å²) in [4.78, 5) is 18.1. The summed E-state index contributed by atoms with van der Waals surface area (Å²) in [6.45, 7) is 5.73. The van der Waals surface area contributed by atoms with Crippen LogP contribution in [-0.4, -0.2) is 38.2 Å². The molecule has 0 atom stereocenters. The van der Waals surface area contributed by atoms with Crippen molar-refractivity contribution in [3.8, 4) is 0 Å². The van der Waals surface area contributed by atoms with E-state index in [1.54, 1.807) is 6.20 Å². The number of benzene rings is 1. The van der Waals surface area contributed by atoms with Crippen LogP contribution in [0.25, 0.3) is 5.65 Å². The SMILES string of the molecule is Cc1cn2c(N3CCC4(CC3)Cc3ccccc3C4=N)nc(C)c(Sc3ccnc(N)c3Cl)c2n1. The van der Waals surface area contributed by atoms with E-state index in [4.69, 9.17) is 32.7 Å². The highest BCUT2D eigenvalue weighted by Crippen LogP contribution is 2.45. The van der Waals surface area contributed by atoms with Crippen molar-refractivity contribution in [2.45, 2.75) is 42.9 Å². The van der Waals surface area contributed by atoms with Gasteiger partial charge in [-0.1, -0.05) is 47.6 Å². The molecular weight excluding hydrogens is 478 g/mol. The molecule has 1 spiro atoms. The highest BCUT2D eigenvalue weighted by atomic mass is 35.5. The number of aryl methyl sites for hydroxylation is 2. The number of nitrogens with one attached hydrogen (secondary N) is 1. The van der Waals surface area contributed by atoms with Crippen molar-refractivity contribution < 1.29 is 0 Å². The molecule has 178 valence electrons. The number of nitrogens with zero attached hydrogens (tertiary/aromatic N) is 5. The molecule has 4 aromatic rings. The average Bonchev–Trinajstić information content (AvgIpc) is 3.37. The predicted molar refractivity (Wildman–Crippen MR) is 141 cm³/mol. The monoisotopic (exact) mass is 503 g/mol. The number of anilines is 2. The number of rotatable bonds is 3. The third-order valence-corrected chi connectivity index (χ3v) is 9.03. The van der Waals surface area contributed by atoms with Gasteiger partial charge in [-0.05, 0) is 50.3 Å². The first-order valence-electron chi connectivity index (χ1n) is 11.7. The number of imidazole rings is 1. The molecule has 0 bridgehead atoms. The molecule has 0 amide bonds. The summed E-state index contributed by atoms with van der Waals surface area (Å²) in [6, 6.07) is 10.3. The minimum atomic E-state index is -0.0625. The van der Waals surface area contributed by atoms with Crippen LogP contribution in [0.4, 0.5) is 11.8 Å². The van der Waals surface area contributed by atoms with Crippen LogP contribution in [0.2, 0.25) is 5.02 Å². The Morgan fingerprint density at radius 2 is 1.89 bits per heavy atom. The number of hydrogen-bond donors (Lipinski definition) is 2. The van der Waals surface area contributed by atoms with Gasteiger partial charge in [0.05, 0.1) is 21.3 Å². The van der Waals surface area contributed by atoms with Crippen molar-refractivity contribution in [2.75, 3.05) is 23.7 Å². The first kappa shape index (κ1) is 22.4. The first-order valence-corrected chi connectivity index (χ1v) is 12.9. The fourth-order valence-electron chi connectivity index (χ4n) is 5.42. The Morgan fingerprint density at radius 1 is 1.11 bits per heavy atom. The fourth-order valence-corrected chi connectivity index (χ4v) is 6.62. The second kappa shape index (κ2) is 8.24. The van der Waals surface area contributed by atoms with Gasteiger partial charge in [-0.2, -0.15) is 0 Å². The molecule has 3 N–H and O–H groups in total. The van der Waals surface area contributed by atoms with Crippen LogP contribution < -0.4 is 10.6 Å². The quantitative estimate of drug-likeness (QED) is 0.392. The third-order valence-electron chi connectivity index (χ3n) is 7.28. The molecule has 1 aliphatic heterocycles. The van der Waals surface area contributed by atoms with Gasteiger partial charge in [-0.25, -0.2) is 15.0 Å². The van der Waals surface area contributed by atoms with Gasteiger partial charge in [0.2, 0.25) is 5.95 Å². The Morgan fingerprint density at radius 3 is 2.66 bits per heavy atom. The third kappa shape index (κ3) is 3.58. The van der Waals surface area contributed by atoms with Crippen molar-refractivity contribution >= 4 is 46.5 Å². The molecule has 0 unspecified atom stereocenters. The van der Waals surface area contributed by atoms with Crippen molar-refractivity contribution in [2.24, 2.45) is 5.41 Å². The van der Waals surface area contributed by atoms with E-state index in [0.717, 1.165) is 76.4 Å². The maximum Gasteiger partial charge on any atom is 0.211 e. The van der Waals surface area contributed by atoms with Gasteiger partial charge in [0, 0.05) is 41.5 Å². The highest BCUT2D eigenvalue weighted by molar-refractivity contribution is 7.99. The van der Waals surface area contributed by atoms with Gasteiger partial charge in [0.25, 0.3) is 0 Å². The summed E-state index contributed by atoms with van der Waals surface area (Å²) >= 11 is 7.95. The molecule has 9 heteroatoms. The van der Waals surface area contributed by atoms with E-state index >= 15 is 0 Å². The van der Waals surface area contributed by atoms with E-state index in [9.17, 15) is 0 Å².